The second-order valence-electron chi connectivity index (χ2n) is 3.92. The molecule has 0 spiro atoms. The average molecular weight is 268 g/mol. The van der Waals surface area contributed by atoms with Crippen molar-refractivity contribution in [2.45, 2.75) is 19.3 Å². The number of hydrogen-bond donors (Lipinski definition) is 2. The van der Waals surface area contributed by atoms with E-state index in [-0.39, 0.29) is 17.7 Å². The molecule has 0 aliphatic heterocycles. The molecule has 0 aliphatic rings. The average Bonchev–Trinajstić information content (AvgIpc) is 2.38. The van der Waals surface area contributed by atoms with Gasteiger partial charge in [-0.05, 0) is 24.5 Å². The summed E-state index contributed by atoms with van der Waals surface area (Å²) in [5, 5.41) is 18.3. The standard InChI is InChI=1S/C13H16O6/c1-18-11-7-10(14)9(13(17)19-2)6-8(11)4-3-5-12(15)16/h6-7,14H,3-5H2,1-2H3,(H,15,16). The summed E-state index contributed by atoms with van der Waals surface area (Å²) in [4.78, 5) is 21.9. The van der Waals surface area contributed by atoms with Crippen LogP contribution in [0.25, 0.3) is 0 Å². The smallest absolute Gasteiger partial charge is 0.341 e. The summed E-state index contributed by atoms with van der Waals surface area (Å²) in [5.74, 6) is -1.35. The lowest BCUT2D eigenvalue weighted by Crippen LogP contribution is -2.04. The van der Waals surface area contributed by atoms with Crippen molar-refractivity contribution in [1.82, 2.24) is 0 Å². The van der Waals surface area contributed by atoms with Crippen LogP contribution in [0, 0.1) is 0 Å². The Morgan fingerprint density at radius 2 is 1.95 bits per heavy atom. The van der Waals surface area contributed by atoms with Crippen molar-refractivity contribution in [1.29, 1.82) is 0 Å². The maximum atomic E-state index is 11.5. The van der Waals surface area contributed by atoms with Gasteiger partial charge in [0.25, 0.3) is 0 Å². The number of esters is 1. The van der Waals surface area contributed by atoms with E-state index in [9.17, 15) is 14.7 Å². The third-order valence-electron chi connectivity index (χ3n) is 2.64. The summed E-state index contributed by atoms with van der Waals surface area (Å²) in [5.41, 5.74) is 0.690. The van der Waals surface area contributed by atoms with Gasteiger partial charge in [0, 0.05) is 12.5 Å². The van der Waals surface area contributed by atoms with Crippen molar-refractivity contribution in [2.75, 3.05) is 14.2 Å². The fourth-order valence-corrected chi connectivity index (χ4v) is 1.70. The summed E-state index contributed by atoms with van der Waals surface area (Å²) in [6, 6.07) is 2.78. The highest BCUT2D eigenvalue weighted by Gasteiger charge is 2.16. The van der Waals surface area contributed by atoms with Crippen molar-refractivity contribution < 1.29 is 29.3 Å². The Kier molecular flexibility index (Phi) is 5.17. The number of benzene rings is 1. The zero-order valence-electron chi connectivity index (χ0n) is 10.8. The lowest BCUT2D eigenvalue weighted by Gasteiger charge is -2.11. The van der Waals surface area contributed by atoms with Crippen molar-refractivity contribution in [2.24, 2.45) is 0 Å². The van der Waals surface area contributed by atoms with Gasteiger partial charge in [-0.3, -0.25) is 4.79 Å². The lowest BCUT2D eigenvalue weighted by molar-refractivity contribution is -0.137. The van der Waals surface area contributed by atoms with Gasteiger partial charge in [-0.25, -0.2) is 4.79 Å². The minimum Gasteiger partial charge on any atom is -0.507 e. The number of carboxylic acids is 1. The normalized spacial score (nSPS) is 10.0. The highest BCUT2D eigenvalue weighted by molar-refractivity contribution is 5.92. The Labute approximate surface area is 110 Å². The number of rotatable bonds is 6. The molecule has 0 amide bonds. The fraction of sp³-hybridized carbons (Fsp3) is 0.385. The first-order chi connectivity index (χ1) is 8.99. The molecule has 0 saturated carbocycles. The Balaban J connectivity index is 2.99. The summed E-state index contributed by atoms with van der Waals surface area (Å²) in [6.45, 7) is 0. The molecule has 6 nitrogen and oxygen atoms in total. The van der Waals surface area contributed by atoms with Crippen LogP contribution in [0.1, 0.15) is 28.8 Å². The van der Waals surface area contributed by atoms with Crippen LogP contribution < -0.4 is 4.74 Å². The first-order valence-corrected chi connectivity index (χ1v) is 5.69. The van der Waals surface area contributed by atoms with E-state index < -0.39 is 11.9 Å². The molecule has 1 rings (SSSR count). The molecule has 0 heterocycles. The molecular formula is C13H16O6. The second kappa shape index (κ2) is 6.63. The lowest BCUT2D eigenvalue weighted by atomic mass is 10.0. The number of carboxylic acid groups (broad SMARTS) is 1. The molecule has 0 aliphatic carbocycles. The van der Waals surface area contributed by atoms with Crippen LogP contribution in [-0.4, -0.2) is 36.4 Å². The molecule has 0 radical (unpaired) electrons. The van der Waals surface area contributed by atoms with Gasteiger partial charge in [0.2, 0.25) is 0 Å². The number of aliphatic carboxylic acids is 1. The maximum absolute atomic E-state index is 11.5. The van der Waals surface area contributed by atoms with Crippen LogP contribution in [0.15, 0.2) is 12.1 Å². The van der Waals surface area contributed by atoms with Gasteiger partial charge in [0.15, 0.2) is 0 Å². The summed E-state index contributed by atoms with van der Waals surface area (Å²) in [6.07, 6.45) is 0.869. The molecule has 0 saturated heterocycles. The van der Waals surface area contributed by atoms with E-state index in [0.29, 0.717) is 24.2 Å². The predicted molar refractivity (Wildman–Crippen MR) is 66.6 cm³/mol. The molecule has 1 aromatic rings. The zero-order chi connectivity index (χ0) is 14.4. The molecule has 19 heavy (non-hydrogen) atoms. The van der Waals surface area contributed by atoms with Crippen molar-refractivity contribution in [3.05, 3.63) is 23.3 Å². The number of aryl methyl sites for hydroxylation is 1. The van der Waals surface area contributed by atoms with Gasteiger partial charge >= 0.3 is 11.9 Å². The van der Waals surface area contributed by atoms with Gasteiger partial charge in [0.1, 0.15) is 17.1 Å². The van der Waals surface area contributed by atoms with E-state index >= 15 is 0 Å². The predicted octanol–water partition coefficient (Wildman–Crippen LogP) is 1.59. The molecule has 2 N–H and O–H groups in total. The molecule has 0 bridgehead atoms. The van der Waals surface area contributed by atoms with E-state index in [1.807, 2.05) is 0 Å². The Morgan fingerprint density at radius 1 is 1.26 bits per heavy atom. The Hall–Kier alpha value is -2.24. The van der Waals surface area contributed by atoms with Gasteiger partial charge in [-0.1, -0.05) is 0 Å². The third-order valence-corrected chi connectivity index (χ3v) is 2.64. The molecule has 6 heteroatoms. The molecule has 0 atom stereocenters. The number of aromatic hydroxyl groups is 1. The van der Waals surface area contributed by atoms with Crippen molar-refractivity contribution in [3.8, 4) is 11.5 Å². The number of carbonyl (C=O) groups is 2. The van der Waals surface area contributed by atoms with Crippen LogP contribution in [-0.2, 0) is 16.0 Å². The molecule has 104 valence electrons. The Bertz CT molecular complexity index is 480. The van der Waals surface area contributed by atoms with Crippen LogP contribution >= 0.6 is 0 Å². The minimum absolute atomic E-state index is 0.0254. The van der Waals surface area contributed by atoms with Crippen LogP contribution in [0.5, 0.6) is 11.5 Å². The number of phenolic OH excluding ortho intramolecular Hbond substituents is 1. The summed E-state index contributed by atoms with van der Waals surface area (Å²) in [7, 11) is 2.66. The van der Waals surface area contributed by atoms with Crippen LogP contribution in [0.2, 0.25) is 0 Å². The van der Waals surface area contributed by atoms with Crippen molar-refractivity contribution in [3.63, 3.8) is 0 Å². The summed E-state index contributed by atoms with van der Waals surface area (Å²) >= 11 is 0. The monoisotopic (exact) mass is 268 g/mol. The highest BCUT2D eigenvalue weighted by Crippen LogP contribution is 2.29. The van der Waals surface area contributed by atoms with E-state index in [1.54, 1.807) is 0 Å². The van der Waals surface area contributed by atoms with E-state index in [2.05, 4.69) is 4.74 Å². The van der Waals surface area contributed by atoms with E-state index in [4.69, 9.17) is 9.84 Å². The van der Waals surface area contributed by atoms with Gasteiger partial charge in [0.05, 0.1) is 14.2 Å². The molecule has 0 unspecified atom stereocenters. The van der Waals surface area contributed by atoms with E-state index in [0.717, 1.165) is 0 Å². The quantitative estimate of drug-likeness (QED) is 0.761. The zero-order valence-corrected chi connectivity index (χ0v) is 10.8. The number of phenols is 1. The van der Waals surface area contributed by atoms with Crippen LogP contribution in [0.4, 0.5) is 0 Å². The first kappa shape index (κ1) is 14.8. The molecule has 0 fully saturated rings. The van der Waals surface area contributed by atoms with Crippen LogP contribution in [0.3, 0.4) is 0 Å². The first-order valence-electron chi connectivity index (χ1n) is 5.69. The maximum Gasteiger partial charge on any atom is 0.341 e. The SMILES string of the molecule is COC(=O)c1cc(CCCC(=O)O)c(OC)cc1O. The number of ether oxygens (including phenoxy) is 2. The summed E-state index contributed by atoms with van der Waals surface area (Å²) < 4.78 is 9.65. The number of carbonyl (C=O) groups excluding carboxylic acids is 1. The van der Waals surface area contributed by atoms with Gasteiger partial charge in [-0.15, -0.1) is 0 Å². The van der Waals surface area contributed by atoms with Crippen molar-refractivity contribution >= 4 is 11.9 Å². The molecule has 1 aromatic carbocycles. The molecular weight excluding hydrogens is 252 g/mol. The third kappa shape index (κ3) is 3.87. The number of methoxy groups -OCH3 is 2. The largest absolute Gasteiger partial charge is 0.507 e. The number of hydrogen-bond acceptors (Lipinski definition) is 5. The van der Waals surface area contributed by atoms with Gasteiger partial charge in [-0.2, -0.15) is 0 Å². The highest BCUT2D eigenvalue weighted by atomic mass is 16.5. The Morgan fingerprint density at radius 3 is 2.47 bits per heavy atom. The van der Waals surface area contributed by atoms with E-state index in [1.165, 1.54) is 26.4 Å². The molecule has 0 aromatic heterocycles. The minimum atomic E-state index is -0.883. The van der Waals surface area contributed by atoms with Gasteiger partial charge < -0.3 is 19.7 Å². The fourth-order valence-electron chi connectivity index (χ4n) is 1.70. The topological polar surface area (TPSA) is 93.1 Å². The second-order valence-corrected chi connectivity index (χ2v) is 3.92.